The number of hydrogen-bond acceptors (Lipinski definition) is 2. The minimum atomic E-state index is -4.72. The lowest BCUT2D eigenvalue weighted by atomic mass is 10.2. The van der Waals surface area contributed by atoms with E-state index in [1.807, 2.05) is 0 Å². The third kappa shape index (κ3) is 5.24. The maximum absolute atomic E-state index is 11.9. The van der Waals surface area contributed by atoms with Gasteiger partial charge in [-0.2, -0.15) is 12.6 Å². The monoisotopic (exact) mass is 280 g/mol. The second-order valence-corrected chi connectivity index (χ2v) is 3.82. The van der Waals surface area contributed by atoms with Crippen molar-refractivity contribution in [2.45, 2.75) is 12.8 Å². The summed E-state index contributed by atoms with van der Waals surface area (Å²) in [5, 5.41) is 0.124. The summed E-state index contributed by atoms with van der Waals surface area (Å²) in [5.74, 6) is 5.77. The summed E-state index contributed by atoms with van der Waals surface area (Å²) in [6.07, 6.45) is -4.14. The highest BCUT2D eigenvalue weighted by molar-refractivity contribution is 7.80. The predicted octanol–water partition coefficient (Wildman–Crippen LogP) is 3.91. The fourth-order valence-corrected chi connectivity index (χ4v) is 1.34. The molecule has 0 aromatic heterocycles. The van der Waals surface area contributed by atoms with E-state index in [0.29, 0.717) is 17.7 Å². The van der Waals surface area contributed by atoms with E-state index in [-0.39, 0.29) is 10.8 Å². The van der Waals surface area contributed by atoms with Crippen LogP contribution >= 0.6 is 24.2 Å². The standard InChI is InChI=1S/C11H8ClF3OS/c12-10-7-9(16-11(13,14)15)5-4-8(10)3-1-2-6-17/h4-5,7,17H,2,6H2. The van der Waals surface area contributed by atoms with Crippen LogP contribution in [-0.2, 0) is 0 Å². The maximum atomic E-state index is 11.9. The Morgan fingerprint density at radius 1 is 1.35 bits per heavy atom. The molecule has 0 aliphatic heterocycles. The number of rotatable bonds is 2. The van der Waals surface area contributed by atoms with E-state index in [2.05, 4.69) is 29.2 Å². The van der Waals surface area contributed by atoms with Crippen LogP contribution in [0.3, 0.4) is 0 Å². The van der Waals surface area contributed by atoms with Gasteiger partial charge in [-0.1, -0.05) is 23.4 Å². The zero-order chi connectivity index (χ0) is 12.9. The van der Waals surface area contributed by atoms with E-state index < -0.39 is 6.36 Å². The Hall–Kier alpha value is -0.990. The Balaban J connectivity index is 2.84. The Bertz CT molecular complexity index is 448. The van der Waals surface area contributed by atoms with Crippen molar-refractivity contribution in [2.75, 3.05) is 5.75 Å². The maximum Gasteiger partial charge on any atom is 0.573 e. The zero-order valence-corrected chi connectivity index (χ0v) is 10.2. The predicted molar refractivity (Wildman–Crippen MR) is 63.5 cm³/mol. The van der Waals surface area contributed by atoms with Crippen LogP contribution in [0, 0.1) is 11.8 Å². The number of ether oxygens (including phenoxy) is 1. The molecule has 0 heterocycles. The second-order valence-electron chi connectivity index (χ2n) is 2.96. The molecule has 0 spiro atoms. The van der Waals surface area contributed by atoms with Crippen molar-refractivity contribution in [2.24, 2.45) is 0 Å². The quantitative estimate of drug-likeness (QED) is 0.638. The first kappa shape index (κ1) is 14.1. The Labute approximate surface area is 107 Å². The summed E-state index contributed by atoms with van der Waals surface area (Å²) in [6.45, 7) is 0. The number of alkyl halides is 3. The summed E-state index contributed by atoms with van der Waals surface area (Å²) in [6, 6.07) is 3.64. The Morgan fingerprint density at radius 3 is 2.59 bits per heavy atom. The van der Waals surface area contributed by atoms with Crippen molar-refractivity contribution in [1.29, 1.82) is 0 Å². The second kappa shape index (κ2) is 6.08. The largest absolute Gasteiger partial charge is 0.573 e. The molecule has 1 aromatic carbocycles. The van der Waals surface area contributed by atoms with Crippen LogP contribution in [0.5, 0.6) is 5.75 Å². The van der Waals surface area contributed by atoms with Gasteiger partial charge in [0.1, 0.15) is 5.75 Å². The summed E-state index contributed by atoms with van der Waals surface area (Å²) < 4.78 is 39.5. The van der Waals surface area contributed by atoms with Crippen LogP contribution in [0.4, 0.5) is 13.2 Å². The summed E-state index contributed by atoms with van der Waals surface area (Å²) in [4.78, 5) is 0. The van der Waals surface area contributed by atoms with Crippen LogP contribution in [0.15, 0.2) is 18.2 Å². The molecule has 0 N–H and O–H groups in total. The van der Waals surface area contributed by atoms with Crippen LogP contribution in [-0.4, -0.2) is 12.1 Å². The number of thiol groups is 1. The van der Waals surface area contributed by atoms with Gasteiger partial charge < -0.3 is 4.74 Å². The number of halogens is 4. The van der Waals surface area contributed by atoms with Gasteiger partial charge in [0.05, 0.1) is 5.02 Å². The van der Waals surface area contributed by atoms with Gasteiger partial charge in [0, 0.05) is 23.8 Å². The molecule has 1 nitrogen and oxygen atoms in total. The molecule has 0 fully saturated rings. The van der Waals surface area contributed by atoms with E-state index in [0.717, 1.165) is 6.07 Å². The van der Waals surface area contributed by atoms with Crippen LogP contribution in [0.2, 0.25) is 5.02 Å². The molecule has 0 radical (unpaired) electrons. The average Bonchev–Trinajstić information content (AvgIpc) is 2.19. The lowest BCUT2D eigenvalue weighted by Gasteiger charge is -2.09. The van der Waals surface area contributed by atoms with E-state index >= 15 is 0 Å². The van der Waals surface area contributed by atoms with E-state index in [1.165, 1.54) is 12.1 Å². The molecular formula is C11H8ClF3OS. The smallest absolute Gasteiger partial charge is 0.406 e. The third-order valence-corrected chi connectivity index (χ3v) is 2.17. The molecule has 92 valence electrons. The molecule has 0 bridgehead atoms. The highest BCUT2D eigenvalue weighted by atomic mass is 35.5. The Kier molecular flexibility index (Phi) is 5.03. The van der Waals surface area contributed by atoms with Gasteiger partial charge in [-0.25, -0.2) is 0 Å². The fourth-order valence-electron chi connectivity index (χ4n) is 1.01. The van der Waals surface area contributed by atoms with Gasteiger partial charge in [0.25, 0.3) is 0 Å². The molecule has 0 amide bonds. The molecule has 0 unspecified atom stereocenters. The lowest BCUT2D eigenvalue weighted by Crippen LogP contribution is -2.17. The molecule has 0 saturated heterocycles. The molecule has 0 saturated carbocycles. The highest BCUT2D eigenvalue weighted by Gasteiger charge is 2.31. The van der Waals surface area contributed by atoms with Crippen LogP contribution in [0.1, 0.15) is 12.0 Å². The summed E-state index contributed by atoms with van der Waals surface area (Å²) >= 11 is 9.74. The van der Waals surface area contributed by atoms with Crippen LogP contribution in [0.25, 0.3) is 0 Å². The summed E-state index contributed by atoms with van der Waals surface area (Å²) in [7, 11) is 0. The van der Waals surface area contributed by atoms with Crippen molar-refractivity contribution < 1.29 is 17.9 Å². The molecule has 0 atom stereocenters. The van der Waals surface area contributed by atoms with E-state index in [1.54, 1.807) is 0 Å². The third-order valence-electron chi connectivity index (χ3n) is 1.63. The lowest BCUT2D eigenvalue weighted by molar-refractivity contribution is -0.274. The Morgan fingerprint density at radius 2 is 2.06 bits per heavy atom. The summed E-state index contributed by atoms with van der Waals surface area (Å²) in [5.41, 5.74) is 0.461. The normalized spacial score (nSPS) is 10.6. The van der Waals surface area contributed by atoms with E-state index in [4.69, 9.17) is 11.6 Å². The first-order valence-corrected chi connectivity index (χ1v) is 5.58. The van der Waals surface area contributed by atoms with Gasteiger partial charge in [-0.3, -0.25) is 0 Å². The molecule has 6 heteroatoms. The van der Waals surface area contributed by atoms with Crippen LogP contribution < -0.4 is 4.74 Å². The van der Waals surface area contributed by atoms with Crippen molar-refractivity contribution >= 4 is 24.2 Å². The molecule has 17 heavy (non-hydrogen) atoms. The molecule has 1 rings (SSSR count). The van der Waals surface area contributed by atoms with Crippen molar-refractivity contribution in [3.63, 3.8) is 0 Å². The topological polar surface area (TPSA) is 9.23 Å². The van der Waals surface area contributed by atoms with Gasteiger partial charge in [0.15, 0.2) is 0 Å². The van der Waals surface area contributed by atoms with Crippen molar-refractivity contribution in [1.82, 2.24) is 0 Å². The molecule has 0 aliphatic carbocycles. The van der Waals surface area contributed by atoms with Crippen molar-refractivity contribution in [3.05, 3.63) is 28.8 Å². The molecule has 0 aliphatic rings. The molecule has 1 aromatic rings. The number of hydrogen-bond donors (Lipinski definition) is 1. The first-order valence-electron chi connectivity index (χ1n) is 4.57. The minimum Gasteiger partial charge on any atom is -0.406 e. The van der Waals surface area contributed by atoms with Gasteiger partial charge in [-0.05, 0) is 12.1 Å². The minimum absolute atomic E-state index is 0.124. The number of benzene rings is 1. The van der Waals surface area contributed by atoms with Gasteiger partial charge in [0.2, 0.25) is 0 Å². The fraction of sp³-hybridized carbons (Fsp3) is 0.273. The average molecular weight is 281 g/mol. The van der Waals surface area contributed by atoms with E-state index in [9.17, 15) is 13.2 Å². The van der Waals surface area contributed by atoms with Crippen molar-refractivity contribution in [3.8, 4) is 17.6 Å². The van der Waals surface area contributed by atoms with Gasteiger partial charge in [-0.15, -0.1) is 13.2 Å². The zero-order valence-electron chi connectivity index (χ0n) is 8.51. The molecular weight excluding hydrogens is 273 g/mol. The SMILES string of the molecule is FC(F)(F)Oc1ccc(C#CCCS)c(Cl)c1. The highest BCUT2D eigenvalue weighted by Crippen LogP contribution is 2.27. The first-order chi connectivity index (χ1) is 7.92. The van der Waals surface area contributed by atoms with Gasteiger partial charge >= 0.3 is 6.36 Å².